The van der Waals surface area contributed by atoms with Crippen LogP contribution in [0.15, 0.2) is 48.5 Å². The van der Waals surface area contributed by atoms with E-state index in [4.69, 9.17) is 0 Å². The van der Waals surface area contributed by atoms with Gasteiger partial charge >= 0.3 is 0 Å². The van der Waals surface area contributed by atoms with Gasteiger partial charge in [-0.15, -0.1) is 0 Å². The summed E-state index contributed by atoms with van der Waals surface area (Å²) < 4.78 is 0. The molecule has 2 amide bonds. The van der Waals surface area contributed by atoms with Gasteiger partial charge in [-0.3, -0.25) is 9.59 Å². The molecule has 2 aliphatic rings. The van der Waals surface area contributed by atoms with Gasteiger partial charge in [0.1, 0.15) is 5.75 Å². The second-order valence-electron chi connectivity index (χ2n) is 7.11. The maximum Gasteiger partial charge on any atom is 0.253 e. The first-order valence-electron chi connectivity index (χ1n) is 9.22. The molecular weight excluding hydrogens is 344 g/mol. The lowest BCUT2D eigenvalue weighted by Crippen LogP contribution is -2.50. The average molecular weight is 366 g/mol. The fourth-order valence-electron chi connectivity index (χ4n) is 4.01. The number of anilines is 1. The van der Waals surface area contributed by atoms with Crippen molar-refractivity contribution < 1.29 is 19.8 Å². The highest BCUT2D eigenvalue weighted by Gasteiger charge is 2.36. The van der Waals surface area contributed by atoms with Crippen LogP contribution in [0.3, 0.4) is 0 Å². The van der Waals surface area contributed by atoms with Crippen molar-refractivity contribution in [2.45, 2.75) is 31.4 Å². The summed E-state index contributed by atoms with van der Waals surface area (Å²) in [7, 11) is 0. The van der Waals surface area contributed by atoms with Crippen LogP contribution in [0.25, 0.3) is 0 Å². The molecule has 0 aromatic heterocycles. The fourth-order valence-corrected chi connectivity index (χ4v) is 4.01. The van der Waals surface area contributed by atoms with Crippen LogP contribution in [0.1, 0.15) is 41.3 Å². The highest BCUT2D eigenvalue weighted by atomic mass is 16.3. The maximum absolute atomic E-state index is 12.6. The van der Waals surface area contributed by atoms with Crippen LogP contribution in [0, 0.1) is 0 Å². The molecule has 0 spiro atoms. The van der Waals surface area contributed by atoms with Gasteiger partial charge in [-0.1, -0.05) is 18.2 Å². The van der Waals surface area contributed by atoms with Crippen LogP contribution in [0.4, 0.5) is 5.69 Å². The van der Waals surface area contributed by atoms with E-state index in [1.807, 2.05) is 29.2 Å². The molecular formula is C21H22N2O4. The van der Waals surface area contributed by atoms with Crippen molar-refractivity contribution in [3.63, 3.8) is 0 Å². The summed E-state index contributed by atoms with van der Waals surface area (Å²) in [6, 6.07) is 13.8. The summed E-state index contributed by atoms with van der Waals surface area (Å²) in [5, 5.41) is 19.6. The average Bonchev–Trinajstić information content (AvgIpc) is 2.69. The predicted molar refractivity (Wildman–Crippen MR) is 101 cm³/mol. The third-order valence-corrected chi connectivity index (χ3v) is 5.42. The zero-order valence-electron chi connectivity index (χ0n) is 14.9. The molecule has 1 atom stereocenters. The number of aliphatic hydroxyl groups is 1. The number of phenols is 1. The van der Waals surface area contributed by atoms with Gasteiger partial charge in [0, 0.05) is 35.9 Å². The van der Waals surface area contributed by atoms with Crippen molar-refractivity contribution in [3.05, 3.63) is 59.7 Å². The molecule has 0 aliphatic carbocycles. The van der Waals surface area contributed by atoms with Gasteiger partial charge < -0.3 is 20.0 Å². The van der Waals surface area contributed by atoms with E-state index in [0.717, 1.165) is 11.3 Å². The van der Waals surface area contributed by atoms with Gasteiger partial charge in [-0.2, -0.15) is 0 Å². The minimum absolute atomic E-state index is 0.0232. The van der Waals surface area contributed by atoms with Crippen LogP contribution < -0.4 is 4.90 Å². The zero-order chi connectivity index (χ0) is 19.0. The second-order valence-corrected chi connectivity index (χ2v) is 7.11. The Kier molecular flexibility index (Phi) is 4.58. The number of amides is 2. The van der Waals surface area contributed by atoms with E-state index in [9.17, 15) is 19.8 Å². The lowest BCUT2D eigenvalue weighted by atomic mass is 9.93. The van der Waals surface area contributed by atoms with E-state index in [-0.39, 0.29) is 30.0 Å². The molecule has 140 valence electrons. The predicted octanol–water partition coefficient (Wildman–Crippen LogP) is 2.47. The van der Waals surface area contributed by atoms with Crippen molar-refractivity contribution in [2.24, 2.45) is 0 Å². The number of carbonyl (C=O) groups is 2. The van der Waals surface area contributed by atoms with Gasteiger partial charge in [-0.25, -0.2) is 0 Å². The van der Waals surface area contributed by atoms with Crippen molar-refractivity contribution in [1.29, 1.82) is 0 Å². The zero-order valence-corrected chi connectivity index (χ0v) is 14.9. The minimum atomic E-state index is -0.749. The topological polar surface area (TPSA) is 81.1 Å². The normalized spacial score (nSPS) is 20.5. The van der Waals surface area contributed by atoms with Gasteiger partial charge in [0.05, 0.1) is 12.5 Å². The van der Waals surface area contributed by atoms with Gasteiger partial charge in [0.15, 0.2) is 0 Å². The number of piperidine rings is 1. The molecule has 2 aliphatic heterocycles. The number of likely N-dealkylation sites (tertiary alicyclic amines) is 1. The van der Waals surface area contributed by atoms with Crippen LogP contribution >= 0.6 is 0 Å². The molecule has 6 heteroatoms. The molecule has 0 bridgehead atoms. The molecule has 27 heavy (non-hydrogen) atoms. The van der Waals surface area contributed by atoms with E-state index in [1.165, 1.54) is 12.1 Å². The largest absolute Gasteiger partial charge is 0.508 e. The molecule has 1 fully saturated rings. The number of hydrogen-bond acceptors (Lipinski definition) is 4. The number of rotatable bonds is 2. The SMILES string of the molecule is O=C(c1ccc(O)cc1)N1CCC(N2C(=O)CC(O)c3ccccc32)CC1. The first-order chi connectivity index (χ1) is 13.0. The van der Waals surface area contributed by atoms with Crippen LogP contribution in [0.2, 0.25) is 0 Å². The Morgan fingerprint density at radius 3 is 2.37 bits per heavy atom. The second kappa shape index (κ2) is 7.04. The number of aromatic hydroxyl groups is 1. The number of nitrogens with zero attached hydrogens (tertiary/aromatic N) is 2. The molecule has 2 heterocycles. The van der Waals surface area contributed by atoms with Crippen molar-refractivity contribution in [1.82, 2.24) is 4.90 Å². The van der Waals surface area contributed by atoms with E-state index >= 15 is 0 Å². The lowest BCUT2D eigenvalue weighted by Gasteiger charge is -2.41. The molecule has 0 radical (unpaired) electrons. The molecule has 4 rings (SSSR count). The number of para-hydroxylation sites is 1. The standard InChI is InChI=1S/C21H22N2O4/c24-16-7-5-14(6-8-16)21(27)22-11-9-15(10-12-22)23-18-4-2-1-3-17(18)19(25)13-20(23)26/h1-8,15,19,24-25H,9-13H2. The van der Waals surface area contributed by atoms with E-state index < -0.39 is 6.10 Å². The maximum atomic E-state index is 12.6. The summed E-state index contributed by atoms with van der Waals surface area (Å²) in [6.07, 6.45) is 0.741. The Hall–Kier alpha value is -2.86. The summed E-state index contributed by atoms with van der Waals surface area (Å²) in [4.78, 5) is 28.8. The Morgan fingerprint density at radius 2 is 1.67 bits per heavy atom. The molecule has 1 saturated heterocycles. The Bertz CT molecular complexity index is 857. The van der Waals surface area contributed by atoms with Crippen molar-refractivity contribution >= 4 is 17.5 Å². The highest BCUT2D eigenvalue weighted by Crippen LogP contribution is 2.37. The first kappa shape index (κ1) is 17.5. The monoisotopic (exact) mass is 366 g/mol. The number of phenolic OH excluding ortho intramolecular Hbond substituents is 1. The third kappa shape index (κ3) is 3.28. The Balaban J connectivity index is 1.48. The number of benzene rings is 2. The summed E-state index contributed by atoms with van der Waals surface area (Å²) in [5.74, 6) is 0.00785. The Labute approximate surface area is 157 Å². The van der Waals surface area contributed by atoms with E-state index in [0.29, 0.717) is 31.5 Å². The molecule has 1 unspecified atom stereocenters. The third-order valence-electron chi connectivity index (χ3n) is 5.42. The number of carbonyl (C=O) groups excluding carboxylic acids is 2. The molecule has 6 nitrogen and oxygen atoms in total. The van der Waals surface area contributed by atoms with E-state index in [1.54, 1.807) is 17.0 Å². The van der Waals surface area contributed by atoms with Crippen LogP contribution in [0.5, 0.6) is 5.75 Å². The highest BCUT2D eigenvalue weighted by molar-refractivity contribution is 5.98. The van der Waals surface area contributed by atoms with Crippen molar-refractivity contribution in [2.75, 3.05) is 18.0 Å². The fraction of sp³-hybridized carbons (Fsp3) is 0.333. The van der Waals surface area contributed by atoms with E-state index in [2.05, 4.69) is 0 Å². The summed E-state index contributed by atoms with van der Waals surface area (Å²) in [6.45, 7) is 1.14. The molecule has 2 aromatic carbocycles. The number of hydrogen-bond donors (Lipinski definition) is 2. The molecule has 2 N–H and O–H groups in total. The minimum Gasteiger partial charge on any atom is -0.508 e. The van der Waals surface area contributed by atoms with Gasteiger partial charge in [-0.05, 0) is 43.2 Å². The summed E-state index contributed by atoms with van der Waals surface area (Å²) in [5.41, 5.74) is 2.12. The Morgan fingerprint density at radius 1 is 1.00 bits per heavy atom. The molecule has 0 saturated carbocycles. The molecule has 2 aromatic rings. The number of fused-ring (bicyclic) bond motifs is 1. The quantitative estimate of drug-likeness (QED) is 0.856. The smallest absolute Gasteiger partial charge is 0.253 e. The summed E-state index contributed by atoms with van der Waals surface area (Å²) >= 11 is 0. The van der Waals surface area contributed by atoms with Crippen LogP contribution in [-0.2, 0) is 4.79 Å². The van der Waals surface area contributed by atoms with Crippen LogP contribution in [-0.4, -0.2) is 46.1 Å². The van der Waals surface area contributed by atoms with Gasteiger partial charge in [0.25, 0.3) is 5.91 Å². The first-order valence-corrected chi connectivity index (χ1v) is 9.22. The van der Waals surface area contributed by atoms with Crippen molar-refractivity contribution in [3.8, 4) is 5.75 Å². The van der Waals surface area contributed by atoms with Gasteiger partial charge in [0.2, 0.25) is 5.91 Å². The lowest BCUT2D eigenvalue weighted by molar-refractivity contribution is -0.121. The number of aliphatic hydroxyl groups excluding tert-OH is 1.